The van der Waals surface area contributed by atoms with Gasteiger partial charge >= 0.3 is 0 Å². The van der Waals surface area contributed by atoms with Crippen LogP contribution in [-0.2, 0) is 0 Å². The van der Waals surface area contributed by atoms with E-state index in [1.165, 1.54) is 0 Å². The molecule has 4 heteroatoms. The monoisotopic (exact) mass is 168 g/mol. The molecule has 11 heavy (non-hydrogen) atoms. The Bertz CT molecular complexity index is 396. The van der Waals surface area contributed by atoms with Crippen molar-refractivity contribution in [2.24, 2.45) is 0 Å². The zero-order chi connectivity index (χ0) is 7.84. The molecule has 0 atom stereocenters. The number of aromatic nitrogens is 2. The Hall–Kier alpha value is -1.09. The Morgan fingerprint density at radius 1 is 1.45 bits per heavy atom. The first-order valence-corrected chi connectivity index (χ1v) is 3.52. The van der Waals surface area contributed by atoms with E-state index in [0.717, 1.165) is 5.52 Å². The maximum atomic E-state index is 5.76. The van der Waals surface area contributed by atoms with Crippen LogP contribution >= 0.6 is 11.6 Å². The van der Waals surface area contributed by atoms with Crippen LogP contribution in [0.2, 0.25) is 5.15 Å². The maximum absolute atomic E-state index is 5.76. The van der Waals surface area contributed by atoms with E-state index in [4.69, 9.17) is 16.0 Å². The molecule has 56 valence electrons. The minimum Gasteiger partial charge on any atom is -0.459 e. The van der Waals surface area contributed by atoms with E-state index in [2.05, 4.69) is 9.97 Å². The second-order valence-electron chi connectivity index (χ2n) is 2.20. The van der Waals surface area contributed by atoms with Crippen LogP contribution in [0, 0.1) is 6.92 Å². The van der Waals surface area contributed by atoms with Gasteiger partial charge in [-0.15, -0.1) is 0 Å². The average Bonchev–Trinajstić information content (AvgIpc) is 2.34. The molecule has 0 aromatic carbocycles. The van der Waals surface area contributed by atoms with Gasteiger partial charge in [0.25, 0.3) is 0 Å². The minimum atomic E-state index is 0.373. The van der Waals surface area contributed by atoms with Gasteiger partial charge in [0.2, 0.25) is 0 Å². The Morgan fingerprint density at radius 2 is 2.27 bits per heavy atom. The summed E-state index contributed by atoms with van der Waals surface area (Å²) in [7, 11) is 0. The van der Waals surface area contributed by atoms with Crippen molar-refractivity contribution < 1.29 is 4.42 Å². The van der Waals surface area contributed by atoms with E-state index in [-0.39, 0.29) is 0 Å². The highest BCUT2D eigenvalue weighted by molar-refractivity contribution is 6.33. The quantitative estimate of drug-likeness (QED) is 0.566. The van der Waals surface area contributed by atoms with Gasteiger partial charge in [-0.05, 0) is 6.92 Å². The molecule has 0 saturated carbocycles. The molecular formula is C7H5ClN2O. The van der Waals surface area contributed by atoms with Crippen LogP contribution in [0.3, 0.4) is 0 Å². The molecule has 0 aliphatic heterocycles. The van der Waals surface area contributed by atoms with Crippen molar-refractivity contribution >= 4 is 22.7 Å². The lowest BCUT2D eigenvalue weighted by Crippen LogP contribution is -1.86. The molecule has 0 aliphatic carbocycles. The molecule has 0 saturated heterocycles. The summed E-state index contributed by atoms with van der Waals surface area (Å²) in [4.78, 5) is 8.04. The highest BCUT2D eigenvalue weighted by Gasteiger charge is 2.04. The fraction of sp³-hybridized carbons (Fsp3) is 0.143. The summed E-state index contributed by atoms with van der Waals surface area (Å²) in [6.45, 7) is 1.79. The Kier molecular flexibility index (Phi) is 1.32. The van der Waals surface area contributed by atoms with Gasteiger partial charge in [0.15, 0.2) is 10.7 Å². The zero-order valence-electron chi connectivity index (χ0n) is 5.84. The number of furan rings is 1. The van der Waals surface area contributed by atoms with Crippen LogP contribution in [0.5, 0.6) is 0 Å². The first-order valence-electron chi connectivity index (χ1n) is 3.15. The van der Waals surface area contributed by atoms with E-state index in [0.29, 0.717) is 16.6 Å². The third-order valence-corrected chi connectivity index (χ3v) is 1.63. The molecule has 2 aromatic rings. The standard InChI is InChI=1S/C7H5ClN2O/c1-4-9-5-2-3-11-6(5)7(8)10-4/h2-3H,1H3. The highest BCUT2D eigenvalue weighted by Crippen LogP contribution is 2.20. The predicted octanol–water partition coefficient (Wildman–Crippen LogP) is 2.18. The van der Waals surface area contributed by atoms with Crippen molar-refractivity contribution in [2.75, 3.05) is 0 Å². The molecule has 0 radical (unpaired) electrons. The van der Waals surface area contributed by atoms with Crippen molar-refractivity contribution in [1.29, 1.82) is 0 Å². The van der Waals surface area contributed by atoms with Gasteiger partial charge in [-0.3, -0.25) is 0 Å². The summed E-state index contributed by atoms with van der Waals surface area (Å²) in [6, 6.07) is 1.76. The number of halogens is 1. The second-order valence-corrected chi connectivity index (χ2v) is 2.55. The van der Waals surface area contributed by atoms with E-state index in [9.17, 15) is 0 Å². The summed E-state index contributed by atoms with van der Waals surface area (Å²) in [5, 5.41) is 0.373. The average molecular weight is 169 g/mol. The lowest BCUT2D eigenvalue weighted by Gasteiger charge is -1.92. The molecule has 0 fully saturated rings. The molecule has 0 bridgehead atoms. The molecule has 2 heterocycles. The molecular weight excluding hydrogens is 164 g/mol. The summed E-state index contributed by atoms with van der Waals surface area (Å²) in [6.07, 6.45) is 1.55. The van der Waals surface area contributed by atoms with Crippen molar-refractivity contribution in [1.82, 2.24) is 9.97 Å². The van der Waals surface area contributed by atoms with Crippen LogP contribution in [0.15, 0.2) is 16.7 Å². The van der Waals surface area contributed by atoms with Gasteiger partial charge in [0, 0.05) is 6.07 Å². The van der Waals surface area contributed by atoms with Crippen LogP contribution in [0.1, 0.15) is 5.82 Å². The first-order chi connectivity index (χ1) is 5.27. The molecule has 2 aromatic heterocycles. The SMILES string of the molecule is Cc1nc(Cl)c2occc2n1. The molecule has 0 spiro atoms. The second kappa shape index (κ2) is 2.20. The van der Waals surface area contributed by atoms with Crippen molar-refractivity contribution in [2.45, 2.75) is 6.92 Å². The first kappa shape index (κ1) is 6.61. The lowest BCUT2D eigenvalue weighted by molar-refractivity contribution is 0.613. The van der Waals surface area contributed by atoms with Crippen LogP contribution in [0.25, 0.3) is 11.1 Å². The van der Waals surface area contributed by atoms with Gasteiger partial charge in [0.1, 0.15) is 11.3 Å². The highest BCUT2D eigenvalue weighted by atomic mass is 35.5. The van der Waals surface area contributed by atoms with Crippen LogP contribution in [0.4, 0.5) is 0 Å². The van der Waals surface area contributed by atoms with Crippen molar-refractivity contribution in [3.8, 4) is 0 Å². The molecule has 0 aliphatic rings. The maximum Gasteiger partial charge on any atom is 0.189 e. The van der Waals surface area contributed by atoms with Gasteiger partial charge in [-0.2, -0.15) is 0 Å². The third-order valence-electron chi connectivity index (χ3n) is 1.37. The molecule has 2 rings (SSSR count). The van der Waals surface area contributed by atoms with Crippen molar-refractivity contribution in [3.05, 3.63) is 23.3 Å². The number of fused-ring (bicyclic) bond motifs is 1. The summed E-state index contributed by atoms with van der Waals surface area (Å²) >= 11 is 5.76. The number of hydrogen-bond donors (Lipinski definition) is 0. The van der Waals surface area contributed by atoms with E-state index >= 15 is 0 Å². The van der Waals surface area contributed by atoms with E-state index < -0.39 is 0 Å². The topological polar surface area (TPSA) is 38.9 Å². The molecule has 3 nitrogen and oxygen atoms in total. The fourth-order valence-electron chi connectivity index (χ4n) is 0.937. The van der Waals surface area contributed by atoms with Gasteiger partial charge in [-0.25, -0.2) is 9.97 Å². The number of aryl methyl sites for hydroxylation is 1. The van der Waals surface area contributed by atoms with Gasteiger partial charge in [-0.1, -0.05) is 11.6 Å². The normalized spacial score (nSPS) is 10.7. The van der Waals surface area contributed by atoms with Crippen molar-refractivity contribution in [3.63, 3.8) is 0 Å². The van der Waals surface area contributed by atoms with Crippen LogP contribution < -0.4 is 0 Å². The van der Waals surface area contributed by atoms with E-state index in [1.54, 1.807) is 19.3 Å². The lowest BCUT2D eigenvalue weighted by atomic mass is 10.4. The number of nitrogens with zero attached hydrogens (tertiary/aromatic N) is 2. The smallest absolute Gasteiger partial charge is 0.189 e. The largest absolute Gasteiger partial charge is 0.459 e. The Balaban J connectivity index is 2.91. The van der Waals surface area contributed by atoms with E-state index in [1.807, 2.05) is 0 Å². The molecule has 0 unspecified atom stereocenters. The number of rotatable bonds is 0. The summed E-state index contributed by atoms with van der Waals surface area (Å²) < 4.78 is 5.05. The third kappa shape index (κ3) is 0.973. The summed E-state index contributed by atoms with van der Waals surface area (Å²) in [5.41, 5.74) is 1.31. The predicted molar refractivity (Wildman–Crippen MR) is 41.6 cm³/mol. The Morgan fingerprint density at radius 3 is 3.09 bits per heavy atom. The summed E-state index contributed by atoms with van der Waals surface area (Å²) in [5.74, 6) is 0.656. The Labute approximate surface area is 68.0 Å². The molecule has 0 N–H and O–H groups in total. The minimum absolute atomic E-state index is 0.373. The number of hydrogen-bond acceptors (Lipinski definition) is 3. The zero-order valence-corrected chi connectivity index (χ0v) is 6.59. The molecule has 0 amide bonds. The van der Waals surface area contributed by atoms with Crippen LogP contribution in [-0.4, -0.2) is 9.97 Å². The van der Waals surface area contributed by atoms with Gasteiger partial charge in [0.05, 0.1) is 6.26 Å². The van der Waals surface area contributed by atoms with Gasteiger partial charge < -0.3 is 4.42 Å². The fourth-order valence-corrected chi connectivity index (χ4v) is 1.20.